The maximum Gasteiger partial charge on any atom is 0.416 e. The number of nitrogens with zero attached hydrogens (tertiary/aromatic N) is 4. The van der Waals surface area contributed by atoms with Crippen LogP contribution in [-0.2, 0) is 11.7 Å². The summed E-state index contributed by atoms with van der Waals surface area (Å²) in [5.74, 6) is 0.0490. The molecule has 2 aromatic rings. The SMILES string of the molecule is Cc1cc(C(F)(F)F)cc(C2(C(C)C)C(C#N)=C(c3ccccc3)N=C3NC=NN32)c1. The molecular weight excluding hydrogens is 403 g/mol. The maximum atomic E-state index is 13.7. The molecule has 0 aliphatic carbocycles. The van der Waals surface area contributed by atoms with Crippen LogP contribution in [0.1, 0.15) is 36.1 Å². The lowest BCUT2D eigenvalue weighted by atomic mass is 9.71. The Labute approximate surface area is 178 Å². The third-order valence-electron chi connectivity index (χ3n) is 5.58. The van der Waals surface area contributed by atoms with Crippen LogP contribution in [0.3, 0.4) is 0 Å². The van der Waals surface area contributed by atoms with Crippen LogP contribution in [0.15, 0.2) is 64.2 Å². The highest BCUT2D eigenvalue weighted by atomic mass is 19.4. The Bertz CT molecular complexity index is 1160. The van der Waals surface area contributed by atoms with E-state index in [4.69, 9.17) is 0 Å². The molecule has 2 heterocycles. The molecular formula is C23H20F3N5. The van der Waals surface area contributed by atoms with Gasteiger partial charge >= 0.3 is 6.18 Å². The van der Waals surface area contributed by atoms with E-state index in [1.54, 1.807) is 13.0 Å². The smallest absolute Gasteiger partial charge is 0.314 e. The Morgan fingerprint density at radius 1 is 1.13 bits per heavy atom. The van der Waals surface area contributed by atoms with Crippen LogP contribution in [0.4, 0.5) is 13.2 Å². The summed E-state index contributed by atoms with van der Waals surface area (Å²) >= 11 is 0. The Morgan fingerprint density at radius 2 is 1.84 bits per heavy atom. The normalized spacial score (nSPS) is 20.5. The number of halogens is 3. The summed E-state index contributed by atoms with van der Waals surface area (Å²) in [5, 5.41) is 19.1. The quantitative estimate of drug-likeness (QED) is 0.754. The van der Waals surface area contributed by atoms with Gasteiger partial charge in [0, 0.05) is 5.56 Å². The summed E-state index contributed by atoms with van der Waals surface area (Å²) in [6, 6.07) is 15.3. The number of aliphatic imine (C=N–C) groups is 1. The first-order valence-corrected chi connectivity index (χ1v) is 9.77. The molecule has 1 unspecified atom stereocenters. The van der Waals surface area contributed by atoms with Gasteiger partial charge in [0.15, 0.2) is 0 Å². The van der Waals surface area contributed by atoms with Gasteiger partial charge in [0.25, 0.3) is 0 Å². The molecule has 31 heavy (non-hydrogen) atoms. The Kier molecular flexibility index (Phi) is 4.85. The summed E-state index contributed by atoms with van der Waals surface area (Å²) in [6.45, 7) is 5.35. The van der Waals surface area contributed by atoms with Gasteiger partial charge in [-0.15, -0.1) is 0 Å². The van der Waals surface area contributed by atoms with Crippen molar-refractivity contribution >= 4 is 18.0 Å². The van der Waals surface area contributed by atoms with Crippen LogP contribution in [0, 0.1) is 24.2 Å². The molecule has 0 saturated carbocycles. The van der Waals surface area contributed by atoms with E-state index < -0.39 is 17.3 Å². The highest BCUT2D eigenvalue weighted by Gasteiger charge is 2.53. The standard InChI is InChI=1S/C23H20F3N5/c1-14(2)22(17-9-15(3)10-18(11-17)23(24,25)26)19(12-27)20(16-7-5-4-6-8-16)30-21-28-13-29-31(21)22/h4-11,13-14H,1-3H3,(H,28,29,30). The lowest BCUT2D eigenvalue weighted by molar-refractivity contribution is -0.137. The fourth-order valence-electron chi connectivity index (χ4n) is 4.29. The van der Waals surface area contributed by atoms with Crippen LogP contribution in [0.2, 0.25) is 0 Å². The van der Waals surface area contributed by atoms with E-state index in [1.807, 2.05) is 44.2 Å². The fourth-order valence-corrected chi connectivity index (χ4v) is 4.29. The molecule has 8 heteroatoms. The second-order valence-corrected chi connectivity index (χ2v) is 7.84. The predicted molar refractivity (Wildman–Crippen MR) is 113 cm³/mol. The highest BCUT2D eigenvalue weighted by Crippen LogP contribution is 2.50. The number of hydrogen-bond donors (Lipinski definition) is 1. The average molecular weight is 423 g/mol. The lowest BCUT2D eigenvalue weighted by Gasteiger charge is -2.46. The molecule has 0 bridgehead atoms. The zero-order valence-electron chi connectivity index (χ0n) is 17.2. The number of benzene rings is 2. The fraction of sp³-hybridized carbons (Fsp3) is 0.261. The van der Waals surface area contributed by atoms with Crippen LogP contribution in [-0.4, -0.2) is 17.3 Å². The van der Waals surface area contributed by atoms with Crippen molar-refractivity contribution < 1.29 is 13.2 Å². The average Bonchev–Trinajstić information content (AvgIpc) is 3.20. The summed E-state index contributed by atoms with van der Waals surface area (Å²) in [6.07, 6.45) is -3.09. The van der Waals surface area contributed by atoms with Crippen LogP contribution in [0.5, 0.6) is 0 Å². The number of nitrogens with one attached hydrogen (secondary N) is 1. The van der Waals surface area contributed by atoms with Crippen molar-refractivity contribution in [1.29, 1.82) is 5.26 Å². The van der Waals surface area contributed by atoms with Gasteiger partial charge in [-0.2, -0.15) is 23.5 Å². The Balaban J connectivity index is 2.10. The zero-order valence-corrected chi connectivity index (χ0v) is 17.2. The maximum absolute atomic E-state index is 13.7. The summed E-state index contributed by atoms with van der Waals surface area (Å²) < 4.78 is 41.0. The lowest BCUT2D eigenvalue weighted by Crippen LogP contribution is -2.54. The van der Waals surface area contributed by atoms with Crippen molar-refractivity contribution in [3.05, 3.63) is 76.4 Å². The zero-order chi connectivity index (χ0) is 22.4. The van der Waals surface area contributed by atoms with E-state index in [9.17, 15) is 18.4 Å². The number of hydrazone groups is 1. The minimum Gasteiger partial charge on any atom is -0.314 e. The Morgan fingerprint density at radius 3 is 2.45 bits per heavy atom. The minimum atomic E-state index is -4.52. The molecule has 0 saturated heterocycles. The first-order valence-electron chi connectivity index (χ1n) is 9.77. The molecule has 0 spiro atoms. The van der Waals surface area contributed by atoms with E-state index in [0.29, 0.717) is 28.3 Å². The van der Waals surface area contributed by atoms with E-state index in [-0.39, 0.29) is 11.5 Å². The number of alkyl halides is 3. The molecule has 5 nitrogen and oxygen atoms in total. The number of guanidine groups is 1. The minimum absolute atomic E-state index is 0.247. The van der Waals surface area contributed by atoms with Gasteiger partial charge in [-0.3, -0.25) is 0 Å². The molecule has 2 aliphatic heterocycles. The third-order valence-corrected chi connectivity index (χ3v) is 5.58. The van der Waals surface area contributed by atoms with Gasteiger partial charge < -0.3 is 5.32 Å². The summed E-state index contributed by atoms with van der Waals surface area (Å²) in [4.78, 5) is 4.60. The van der Waals surface area contributed by atoms with Gasteiger partial charge in [0.05, 0.1) is 22.9 Å². The molecule has 1 atom stereocenters. The Hall–Kier alpha value is -3.60. The van der Waals surface area contributed by atoms with E-state index in [0.717, 1.165) is 12.1 Å². The number of fused-ring (bicyclic) bond motifs is 1. The van der Waals surface area contributed by atoms with Crippen molar-refractivity contribution in [2.45, 2.75) is 32.5 Å². The number of aryl methyl sites for hydroxylation is 1. The van der Waals surface area contributed by atoms with Crippen molar-refractivity contribution in [1.82, 2.24) is 10.3 Å². The summed E-state index contributed by atoms with van der Waals surface area (Å²) in [7, 11) is 0. The van der Waals surface area contributed by atoms with Crippen LogP contribution in [0.25, 0.3) is 5.70 Å². The van der Waals surface area contributed by atoms with Gasteiger partial charge in [-0.25, -0.2) is 10.0 Å². The monoisotopic (exact) mass is 423 g/mol. The van der Waals surface area contributed by atoms with Crippen LogP contribution >= 0.6 is 0 Å². The van der Waals surface area contributed by atoms with Crippen molar-refractivity contribution in [3.63, 3.8) is 0 Å². The van der Waals surface area contributed by atoms with E-state index >= 15 is 0 Å². The number of nitriles is 1. The van der Waals surface area contributed by atoms with Crippen molar-refractivity contribution in [2.75, 3.05) is 0 Å². The first-order chi connectivity index (χ1) is 14.7. The molecule has 4 rings (SSSR count). The molecule has 2 aromatic carbocycles. The molecule has 2 aliphatic rings. The van der Waals surface area contributed by atoms with Gasteiger partial charge in [0.2, 0.25) is 5.96 Å². The molecule has 0 fully saturated rings. The second-order valence-electron chi connectivity index (χ2n) is 7.84. The summed E-state index contributed by atoms with van der Waals surface area (Å²) in [5.41, 5.74) is 0.114. The van der Waals surface area contributed by atoms with Crippen LogP contribution < -0.4 is 5.32 Å². The van der Waals surface area contributed by atoms with E-state index in [2.05, 4.69) is 21.5 Å². The topological polar surface area (TPSA) is 63.8 Å². The van der Waals surface area contributed by atoms with Gasteiger partial charge in [-0.1, -0.05) is 55.8 Å². The molecule has 0 aromatic heterocycles. The van der Waals surface area contributed by atoms with Crippen molar-refractivity contribution in [2.24, 2.45) is 16.0 Å². The molecule has 1 N–H and O–H groups in total. The molecule has 158 valence electrons. The molecule has 0 amide bonds. The highest BCUT2D eigenvalue weighted by molar-refractivity contribution is 6.00. The second kappa shape index (κ2) is 7.27. The predicted octanol–water partition coefficient (Wildman–Crippen LogP) is 5.02. The largest absolute Gasteiger partial charge is 0.416 e. The molecule has 0 radical (unpaired) electrons. The van der Waals surface area contributed by atoms with Gasteiger partial charge in [0.1, 0.15) is 11.9 Å². The third kappa shape index (κ3) is 3.17. The number of rotatable bonds is 3. The van der Waals surface area contributed by atoms with Gasteiger partial charge in [-0.05, 0) is 30.5 Å². The van der Waals surface area contributed by atoms with E-state index in [1.165, 1.54) is 11.3 Å². The first kappa shape index (κ1) is 20.7. The van der Waals surface area contributed by atoms with Crippen molar-refractivity contribution in [3.8, 4) is 6.07 Å². The number of hydrogen-bond acceptors (Lipinski definition) is 5.